The van der Waals surface area contributed by atoms with Gasteiger partial charge in [0, 0.05) is 35.4 Å². The molecule has 1 aliphatic heterocycles. The molecule has 0 bridgehead atoms. The van der Waals surface area contributed by atoms with Gasteiger partial charge in [-0.3, -0.25) is 14.9 Å². The van der Waals surface area contributed by atoms with Gasteiger partial charge in [0.25, 0.3) is 5.56 Å². The number of carboxylic acid groups (broad SMARTS) is 1. The quantitative estimate of drug-likeness (QED) is 0.193. The summed E-state index contributed by atoms with van der Waals surface area (Å²) in [4.78, 5) is 50.8. The van der Waals surface area contributed by atoms with Gasteiger partial charge >= 0.3 is 12.2 Å². The van der Waals surface area contributed by atoms with Crippen LogP contribution in [0.25, 0.3) is 22.9 Å². The fourth-order valence-electron chi connectivity index (χ4n) is 5.26. The number of likely N-dealkylation sites (tertiary alicyclic amines) is 1. The van der Waals surface area contributed by atoms with E-state index < -0.39 is 29.7 Å². The minimum Gasteiger partial charge on any atom is -0.465 e. The molecule has 2 aromatic heterocycles. The van der Waals surface area contributed by atoms with Gasteiger partial charge in [-0.15, -0.1) is 5.10 Å². The Hall–Kier alpha value is -5.57. The molecule has 3 heterocycles. The van der Waals surface area contributed by atoms with Crippen molar-refractivity contribution in [3.63, 3.8) is 0 Å². The molecular weight excluding hydrogens is 618 g/mol. The summed E-state index contributed by atoms with van der Waals surface area (Å²) in [6, 6.07) is 12.6. The Morgan fingerprint density at radius 2 is 2.00 bits per heavy atom. The van der Waals surface area contributed by atoms with Crippen molar-refractivity contribution in [3.8, 4) is 16.8 Å². The number of anilines is 1. The molecule has 1 fully saturated rings. The van der Waals surface area contributed by atoms with E-state index in [0.29, 0.717) is 64.7 Å². The van der Waals surface area contributed by atoms with Crippen LogP contribution in [0.2, 0.25) is 5.02 Å². The lowest BCUT2D eigenvalue weighted by molar-refractivity contribution is -0.117. The number of carbonyl (C=O) groups is 3. The summed E-state index contributed by atoms with van der Waals surface area (Å²) >= 11 is 6.21. The maximum absolute atomic E-state index is 13.3. The second-order valence-electron chi connectivity index (χ2n) is 10.6. The maximum Gasteiger partial charge on any atom is 0.411 e. The number of ether oxygens (including phenoxy) is 1. The van der Waals surface area contributed by atoms with Crippen LogP contribution in [0.5, 0.6) is 0 Å². The van der Waals surface area contributed by atoms with E-state index in [1.54, 1.807) is 54.6 Å². The van der Waals surface area contributed by atoms with E-state index in [1.807, 2.05) is 0 Å². The Morgan fingerprint density at radius 3 is 2.72 bits per heavy atom. The van der Waals surface area contributed by atoms with E-state index in [9.17, 15) is 24.3 Å². The predicted octanol–water partition coefficient (Wildman–Crippen LogP) is 3.90. The molecule has 15 nitrogen and oxygen atoms in total. The van der Waals surface area contributed by atoms with Crippen molar-refractivity contribution in [2.24, 2.45) is 5.92 Å². The van der Waals surface area contributed by atoms with E-state index in [1.165, 1.54) is 29.1 Å². The third-order valence-electron chi connectivity index (χ3n) is 7.48. The highest BCUT2D eigenvalue weighted by Crippen LogP contribution is 2.29. The van der Waals surface area contributed by atoms with Crippen LogP contribution in [0.15, 0.2) is 65.7 Å². The monoisotopic (exact) mass is 647 g/mol. The van der Waals surface area contributed by atoms with Gasteiger partial charge < -0.3 is 20.1 Å². The fourth-order valence-corrected chi connectivity index (χ4v) is 5.44. The number of halogens is 1. The first-order valence-electron chi connectivity index (χ1n) is 14.2. The third kappa shape index (κ3) is 7.92. The molecule has 1 saturated heterocycles. The Bertz CT molecular complexity index is 1790. The van der Waals surface area contributed by atoms with Gasteiger partial charge in [-0.2, -0.15) is 9.78 Å². The van der Waals surface area contributed by atoms with Gasteiger partial charge in [0.1, 0.15) is 6.33 Å². The molecule has 0 saturated carbocycles. The number of nitrogens with one attached hydrogen (secondary N) is 3. The number of H-pyrrole nitrogens is 1. The summed E-state index contributed by atoms with van der Waals surface area (Å²) in [6.07, 6.45) is 4.53. The molecule has 0 radical (unpaired) electrons. The van der Waals surface area contributed by atoms with Crippen molar-refractivity contribution in [3.05, 3.63) is 87.6 Å². The molecule has 3 amide bonds. The molecule has 1 unspecified atom stereocenters. The number of benzene rings is 2. The highest BCUT2D eigenvalue weighted by molar-refractivity contribution is 6.30. The summed E-state index contributed by atoms with van der Waals surface area (Å²) in [7, 11) is 1.25. The molecule has 0 spiro atoms. The lowest BCUT2D eigenvalue weighted by atomic mass is 9.89. The molecule has 46 heavy (non-hydrogen) atoms. The minimum atomic E-state index is -0.997. The molecule has 4 aromatic rings. The van der Waals surface area contributed by atoms with Crippen LogP contribution in [0, 0.1) is 5.92 Å². The maximum atomic E-state index is 13.3. The summed E-state index contributed by atoms with van der Waals surface area (Å²) in [6.45, 7) is 0.747. The van der Waals surface area contributed by atoms with Crippen molar-refractivity contribution in [1.29, 1.82) is 0 Å². The fraction of sp³-hybridized carbons (Fsp3) is 0.267. The van der Waals surface area contributed by atoms with Crippen molar-refractivity contribution >= 4 is 41.5 Å². The van der Waals surface area contributed by atoms with Gasteiger partial charge in [-0.1, -0.05) is 23.7 Å². The molecular formula is C30H30ClN9O6. The first-order chi connectivity index (χ1) is 22.2. The number of aromatic amines is 1. The number of nitrogens with zero attached hydrogens (tertiary/aromatic N) is 6. The molecule has 2 aromatic carbocycles. The Kier molecular flexibility index (Phi) is 10.0. The third-order valence-corrected chi connectivity index (χ3v) is 7.72. The number of rotatable bonds is 9. The molecule has 16 heteroatoms. The van der Waals surface area contributed by atoms with E-state index in [4.69, 9.17) is 11.6 Å². The zero-order valence-electron chi connectivity index (χ0n) is 24.6. The number of tetrazole rings is 1. The van der Waals surface area contributed by atoms with Crippen LogP contribution in [0.1, 0.15) is 36.6 Å². The number of hydrogen-bond acceptors (Lipinski definition) is 9. The lowest BCUT2D eigenvalue weighted by Crippen LogP contribution is -2.40. The van der Waals surface area contributed by atoms with Crippen molar-refractivity contribution < 1.29 is 24.2 Å². The highest BCUT2D eigenvalue weighted by atomic mass is 35.5. The van der Waals surface area contributed by atoms with Crippen LogP contribution in [0.4, 0.5) is 15.3 Å². The second-order valence-corrected chi connectivity index (χ2v) is 11.0. The van der Waals surface area contributed by atoms with E-state index in [-0.39, 0.29) is 5.92 Å². The molecule has 2 atom stereocenters. The van der Waals surface area contributed by atoms with E-state index in [2.05, 4.69) is 41.1 Å². The van der Waals surface area contributed by atoms with Gasteiger partial charge in [-0.05, 0) is 83.6 Å². The number of carbonyl (C=O) groups excluding carboxylic acids is 2. The summed E-state index contributed by atoms with van der Waals surface area (Å²) in [5.41, 5.74) is 2.45. The topological polar surface area (TPSA) is 197 Å². The standard InChI is InChI=1S/C30H30ClN9O6/c1-46-29(43)33-22-8-4-19(5-9-22)23-15-25(35-36-28(23)42)24(13-18-3-2-12-39(16-18)30(44)45)34-27(41)11-6-20-14-21(31)7-10-26(20)40-17-32-37-38-40/h4-11,14-15,17-18,24H,2-3,12-13,16H2,1H3,(H,33,43)(H,34,41)(H,36,42)(H,44,45)/t18?,24-/m0/s1. The molecule has 1 aliphatic rings. The van der Waals surface area contributed by atoms with E-state index in [0.717, 1.165) is 6.42 Å². The molecule has 5 rings (SSSR count). The van der Waals surface area contributed by atoms with E-state index >= 15 is 0 Å². The molecule has 4 N–H and O–H groups in total. The average molecular weight is 648 g/mol. The van der Waals surface area contributed by atoms with Crippen molar-refractivity contribution in [1.82, 2.24) is 40.6 Å². The predicted molar refractivity (Wildman–Crippen MR) is 167 cm³/mol. The second kappa shape index (κ2) is 14.5. The first-order valence-corrected chi connectivity index (χ1v) is 14.6. The lowest BCUT2D eigenvalue weighted by Gasteiger charge is -2.32. The summed E-state index contributed by atoms with van der Waals surface area (Å²) in [5, 5.41) is 33.6. The smallest absolute Gasteiger partial charge is 0.411 e. The summed E-state index contributed by atoms with van der Waals surface area (Å²) in [5.74, 6) is -0.523. The number of amides is 3. The van der Waals surface area contributed by atoms with Crippen LogP contribution in [-0.2, 0) is 9.53 Å². The first kappa shape index (κ1) is 31.8. The summed E-state index contributed by atoms with van der Waals surface area (Å²) < 4.78 is 6.05. The SMILES string of the molecule is COC(=O)Nc1ccc(-c2cc([C@H](CC3CCCN(C(=O)O)C3)NC(=O)C=Cc3cc(Cl)ccc3-n3cnnn3)n[nH]c2=O)cc1. The van der Waals surface area contributed by atoms with Gasteiger partial charge in [0.05, 0.1) is 30.1 Å². The minimum absolute atomic E-state index is 0.0701. The number of aromatic nitrogens is 6. The Morgan fingerprint density at radius 1 is 1.20 bits per heavy atom. The highest BCUT2D eigenvalue weighted by Gasteiger charge is 2.28. The number of methoxy groups -OCH3 is 1. The van der Waals surface area contributed by atoms with Crippen LogP contribution >= 0.6 is 11.6 Å². The largest absolute Gasteiger partial charge is 0.465 e. The van der Waals surface area contributed by atoms with Gasteiger partial charge in [0.2, 0.25) is 5.91 Å². The number of piperidine rings is 1. The Labute approximate surface area is 267 Å². The van der Waals surface area contributed by atoms with Crippen molar-refractivity contribution in [2.45, 2.75) is 25.3 Å². The zero-order chi connectivity index (χ0) is 32.6. The van der Waals surface area contributed by atoms with Gasteiger partial charge in [-0.25, -0.2) is 14.7 Å². The molecule has 238 valence electrons. The normalized spacial score (nSPS) is 15.3. The van der Waals surface area contributed by atoms with Gasteiger partial charge in [0.15, 0.2) is 0 Å². The Balaban J connectivity index is 1.42. The molecule has 0 aliphatic carbocycles. The van der Waals surface area contributed by atoms with Crippen molar-refractivity contribution in [2.75, 3.05) is 25.5 Å². The number of hydrogen-bond donors (Lipinski definition) is 4. The zero-order valence-corrected chi connectivity index (χ0v) is 25.3. The van der Waals surface area contributed by atoms with Crippen LogP contribution in [-0.4, -0.2) is 78.7 Å². The average Bonchev–Trinajstić information content (AvgIpc) is 3.59. The van der Waals surface area contributed by atoms with Crippen LogP contribution < -0.4 is 16.2 Å². The van der Waals surface area contributed by atoms with Crippen LogP contribution in [0.3, 0.4) is 0 Å².